The Balaban J connectivity index is 0.000000882. The molecule has 3 aliphatic carbocycles. The quantitative estimate of drug-likeness (QED) is 0.522. The van der Waals surface area contributed by atoms with Crippen LogP contribution in [0.3, 0.4) is 0 Å². The van der Waals surface area contributed by atoms with Crippen molar-refractivity contribution < 1.29 is 29.3 Å². The van der Waals surface area contributed by atoms with Crippen LogP contribution in [0.15, 0.2) is 6.07 Å². The van der Waals surface area contributed by atoms with E-state index in [4.69, 9.17) is 4.74 Å². The molecule has 2 saturated carbocycles. The van der Waals surface area contributed by atoms with Gasteiger partial charge in [0.1, 0.15) is 11.6 Å². The number of ketones is 1. The van der Waals surface area contributed by atoms with Crippen molar-refractivity contribution in [1.82, 2.24) is 0 Å². The van der Waals surface area contributed by atoms with E-state index >= 15 is 0 Å². The third-order valence-corrected chi connectivity index (χ3v) is 8.37. The van der Waals surface area contributed by atoms with Gasteiger partial charge in [-0.2, -0.15) is 0 Å². The van der Waals surface area contributed by atoms with Gasteiger partial charge in [0.25, 0.3) is 0 Å². The third-order valence-electron chi connectivity index (χ3n) is 8.37. The van der Waals surface area contributed by atoms with E-state index in [9.17, 15) is 20.1 Å². The molecule has 3 fully saturated rings. The number of hydrogen-bond acceptors (Lipinski definition) is 5. The van der Waals surface area contributed by atoms with Crippen LogP contribution in [0, 0.1) is 5.92 Å². The lowest BCUT2D eigenvalue weighted by Crippen LogP contribution is -2.80. The Hall–Kier alpha value is -1.79. The number of ether oxygens (including phenoxy) is 1. The van der Waals surface area contributed by atoms with Gasteiger partial charge in [0.05, 0.1) is 25.6 Å². The van der Waals surface area contributed by atoms with E-state index in [1.54, 1.807) is 6.07 Å². The molecular formula is C23H32NO5+. The zero-order chi connectivity index (χ0) is 20.8. The van der Waals surface area contributed by atoms with E-state index in [1.165, 1.54) is 12.8 Å². The maximum absolute atomic E-state index is 12.8. The summed E-state index contributed by atoms with van der Waals surface area (Å²) in [4.78, 5) is 12.8. The fourth-order valence-corrected chi connectivity index (χ4v) is 7.00. The summed E-state index contributed by atoms with van der Waals surface area (Å²) < 4.78 is 6.82. The minimum absolute atomic E-state index is 0.000314. The molecule has 6 rings (SSSR count). The van der Waals surface area contributed by atoms with E-state index in [0.29, 0.717) is 25.7 Å². The molecule has 1 spiro atoms. The summed E-state index contributed by atoms with van der Waals surface area (Å²) in [5, 5.41) is 32.8. The molecule has 1 aromatic carbocycles. The molecule has 0 amide bonds. The van der Waals surface area contributed by atoms with Gasteiger partial charge in [0.15, 0.2) is 23.4 Å². The number of quaternary nitrogens is 1. The van der Waals surface area contributed by atoms with Crippen molar-refractivity contribution >= 4 is 5.78 Å². The number of benzene rings is 1. The van der Waals surface area contributed by atoms with Crippen LogP contribution >= 0.6 is 0 Å². The lowest BCUT2D eigenvalue weighted by Gasteiger charge is -2.64. The molecule has 0 radical (unpaired) electrons. The molecule has 0 aromatic heterocycles. The number of carbonyl (C=O) groups is 1. The first kappa shape index (κ1) is 19.2. The zero-order valence-corrected chi connectivity index (χ0v) is 17.6. The second kappa shape index (κ2) is 5.88. The van der Waals surface area contributed by atoms with Crippen molar-refractivity contribution in [2.45, 2.75) is 75.5 Å². The molecule has 5 atom stereocenters. The Morgan fingerprint density at radius 3 is 2.66 bits per heavy atom. The van der Waals surface area contributed by atoms with Gasteiger partial charge in [-0.3, -0.25) is 4.79 Å². The molecule has 29 heavy (non-hydrogen) atoms. The summed E-state index contributed by atoms with van der Waals surface area (Å²) in [7, 11) is 2.25. The van der Waals surface area contributed by atoms with Crippen LogP contribution in [0.25, 0.3) is 0 Å². The van der Waals surface area contributed by atoms with Crippen LogP contribution in [-0.4, -0.2) is 63.5 Å². The smallest absolute Gasteiger partial charge is 0.200 e. The summed E-state index contributed by atoms with van der Waals surface area (Å²) in [6, 6.07) is 1.61. The van der Waals surface area contributed by atoms with Crippen molar-refractivity contribution in [3.63, 3.8) is 0 Å². The predicted molar refractivity (Wildman–Crippen MR) is 107 cm³/mol. The average molecular weight is 403 g/mol. The summed E-state index contributed by atoms with van der Waals surface area (Å²) >= 11 is 0. The van der Waals surface area contributed by atoms with Crippen LogP contribution in [0.1, 0.15) is 57.1 Å². The van der Waals surface area contributed by atoms with E-state index < -0.39 is 17.1 Å². The number of likely N-dealkylation sites (N-methyl/N-ethyl adjacent to an activating group) is 1. The normalized spacial score (nSPS) is 41.2. The Morgan fingerprint density at radius 1 is 1.24 bits per heavy atom. The minimum atomic E-state index is -1.02. The number of phenols is 2. The van der Waals surface area contributed by atoms with Crippen LogP contribution in [0.4, 0.5) is 0 Å². The standard InChI is InChI=1S/C21H25NO5.C2H6/c1-22(10-11-2-3-11)7-6-20-16-12-8-14(24)17(25)18(16)27-19(20)13(23)4-5-21(20,26)15(22)9-12;1-2/h8,11,15,19,26H,2-7,9-10H2,1H3,(H-,24,25);1-2H3/p+1/t15-,19+,20+,21-,22?;/m1./s1. The number of aliphatic hydroxyl groups is 1. The zero-order valence-electron chi connectivity index (χ0n) is 17.6. The van der Waals surface area contributed by atoms with Gasteiger partial charge in [-0.05, 0) is 30.9 Å². The number of rotatable bonds is 2. The van der Waals surface area contributed by atoms with Gasteiger partial charge in [-0.1, -0.05) is 13.8 Å². The largest absolute Gasteiger partial charge is 0.504 e. The Labute approximate surface area is 171 Å². The number of likely N-dealkylation sites (tertiary alicyclic amines) is 1. The van der Waals surface area contributed by atoms with Gasteiger partial charge in [0.2, 0.25) is 5.75 Å². The SMILES string of the molecule is CC.C[N+]1(CC2CC2)CC[C@]23c4c5cc(O)c(O)c4O[C@H]2C(=O)CC[C@@]3(O)[C@H]1C5. The lowest BCUT2D eigenvalue weighted by molar-refractivity contribution is -0.950. The molecular weight excluding hydrogens is 370 g/mol. The predicted octanol–water partition coefficient (Wildman–Crippen LogP) is 2.40. The molecule has 1 saturated heterocycles. The molecule has 2 bridgehead atoms. The van der Waals surface area contributed by atoms with Crippen LogP contribution in [-0.2, 0) is 16.6 Å². The van der Waals surface area contributed by atoms with Crippen molar-refractivity contribution in [2.24, 2.45) is 5.92 Å². The summed E-state index contributed by atoms with van der Waals surface area (Å²) in [6.45, 7) is 5.96. The molecule has 1 unspecified atom stereocenters. The highest BCUT2D eigenvalue weighted by Crippen LogP contribution is 2.66. The van der Waals surface area contributed by atoms with Gasteiger partial charge in [-0.15, -0.1) is 0 Å². The third kappa shape index (κ3) is 2.17. The molecule has 2 heterocycles. The van der Waals surface area contributed by atoms with Crippen LogP contribution in [0.5, 0.6) is 17.2 Å². The lowest BCUT2D eigenvalue weighted by atomic mass is 9.48. The highest BCUT2D eigenvalue weighted by molar-refractivity contribution is 5.90. The number of hydrogen-bond donors (Lipinski definition) is 3. The molecule has 1 aromatic rings. The van der Waals surface area contributed by atoms with E-state index in [0.717, 1.165) is 34.6 Å². The Morgan fingerprint density at radius 2 is 1.97 bits per heavy atom. The molecule has 6 nitrogen and oxygen atoms in total. The first-order chi connectivity index (χ1) is 13.8. The van der Waals surface area contributed by atoms with Gasteiger partial charge >= 0.3 is 0 Å². The number of phenolic OH excluding ortho intramolecular Hbond substituents is 2. The maximum Gasteiger partial charge on any atom is 0.200 e. The van der Waals surface area contributed by atoms with Crippen LogP contribution < -0.4 is 4.74 Å². The first-order valence-electron chi connectivity index (χ1n) is 11.1. The number of piperidine rings is 1. The van der Waals surface area contributed by atoms with Crippen molar-refractivity contribution in [3.05, 3.63) is 17.2 Å². The first-order valence-corrected chi connectivity index (χ1v) is 11.1. The fourth-order valence-electron chi connectivity index (χ4n) is 7.00. The second-order valence-electron chi connectivity index (χ2n) is 9.77. The molecule has 5 aliphatic rings. The average Bonchev–Trinajstić information content (AvgIpc) is 3.42. The molecule has 2 aliphatic heterocycles. The number of nitrogens with zero attached hydrogens (tertiary/aromatic N) is 1. The summed E-state index contributed by atoms with van der Waals surface area (Å²) in [6.07, 6.45) is 3.85. The highest BCUT2D eigenvalue weighted by Gasteiger charge is 2.76. The minimum Gasteiger partial charge on any atom is -0.504 e. The second-order valence-corrected chi connectivity index (χ2v) is 9.77. The van der Waals surface area contributed by atoms with Gasteiger partial charge in [0, 0.05) is 30.7 Å². The Kier molecular flexibility index (Phi) is 3.89. The number of Topliss-reactive ketones (excluding diaryl/α,β-unsaturated/α-hetero) is 1. The number of aromatic hydroxyl groups is 2. The van der Waals surface area contributed by atoms with E-state index in [2.05, 4.69) is 7.05 Å². The van der Waals surface area contributed by atoms with E-state index in [1.807, 2.05) is 13.8 Å². The summed E-state index contributed by atoms with van der Waals surface area (Å²) in [5.41, 5.74) is -0.100. The molecule has 6 heteroatoms. The monoisotopic (exact) mass is 402 g/mol. The van der Waals surface area contributed by atoms with Crippen molar-refractivity contribution in [1.29, 1.82) is 0 Å². The topological polar surface area (TPSA) is 87.0 Å². The number of carbonyl (C=O) groups excluding carboxylic acids is 1. The summed E-state index contributed by atoms with van der Waals surface area (Å²) in [5.74, 6) is 0.455. The molecule has 158 valence electrons. The maximum atomic E-state index is 12.8. The van der Waals surface area contributed by atoms with Crippen molar-refractivity contribution in [3.8, 4) is 17.2 Å². The van der Waals surface area contributed by atoms with Crippen LogP contribution in [0.2, 0.25) is 0 Å². The Bertz CT molecular complexity index is 896. The molecule has 3 N–H and O–H groups in total. The fraction of sp³-hybridized carbons (Fsp3) is 0.696. The van der Waals surface area contributed by atoms with Gasteiger partial charge < -0.3 is 24.5 Å². The highest BCUT2D eigenvalue weighted by atomic mass is 16.5. The van der Waals surface area contributed by atoms with E-state index in [-0.39, 0.29) is 29.1 Å². The van der Waals surface area contributed by atoms with Gasteiger partial charge in [-0.25, -0.2) is 0 Å². The van der Waals surface area contributed by atoms with Crippen molar-refractivity contribution in [2.75, 3.05) is 20.1 Å².